The second-order valence-electron chi connectivity index (χ2n) is 4.77. The molecule has 0 radical (unpaired) electrons. The van der Waals surface area contributed by atoms with E-state index in [4.69, 9.17) is 4.42 Å². The molecule has 0 atom stereocenters. The zero-order valence-electron chi connectivity index (χ0n) is 10.8. The normalized spacial score (nSPS) is 11.3. The van der Waals surface area contributed by atoms with Crippen LogP contribution >= 0.6 is 0 Å². The minimum absolute atomic E-state index is 0.214. The van der Waals surface area contributed by atoms with Gasteiger partial charge in [0, 0.05) is 23.2 Å². The first kappa shape index (κ1) is 11.7. The fourth-order valence-corrected chi connectivity index (χ4v) is 2.13. The summed E-state index contributed by atoms with van der Waals surface area (Å²) in [7, 11) is 0. The van der Waals surface area contributed by atoms with E-state index < -0.39 is 0 Å². The van der Waals surface area contributed by atoms with Crippen LogP contribution in [0.2, 0.25) is 0 Å². The molecule has 4 nitrogen and oxygen atoms in total. The molecule has 0 saturated carbocycles. The second-order valence-corrected chi connectivity index (χ2v) is 4.77. The maximum absolute atomic E-state index is 11.2. The van der Waals surface area contributed by atoms with E-state index in [0.717, 1.165) is 22.8 Å². The average molecular weight is 254 g/mol. The Hall–Kier alpha value is -2.36. The van der Waals surface area contributed by atoms with Crippen LogP contribution in [0.5, 0.6) is 0 Å². The molecule has 3 aromatic rings. The van der Waals surface area contributed by atoms with Crippen LogP contribution in [0, 0.1) is 0 Å². The monoisotopic (exact) mass is 254 g/mol. The molecule has 4 heteroatoms. The number of fused-ring (bicyclic) bond motifs is 1. The summed E-state index contributed by atoms with van der Waals surface area (Å²) in [5.74, 6) is 0. The van der Waals surface area contributed by atoms with Gasteiger partial charge in [-0.1, -0.05) is 18.2 Å². The van der Waals surface area contributed by atoms with Crippen molar-refractivity contribution in [3.8, 4) is 11.3 Å². The van der Waals surface area contributed by atoms with Gasteiger partial charge in [0.2, 0.25) is 0 Å². The summed E-state index contributed by atoms with van der Waals surface area (Å²) < 4.78 is 7.30. The number of hydrogen-bond donors (Lipinski definition) is 0. The van der Waals surface area contributed by atoms with Crippen molar-refractivity contribution in [2.45, 2.75) is 19.9 Å². The van der Waals surface area contributed by atoms with Crippen LogP contribution in [0.25, 0.3) is 22.2 Å². The Morgan fingerprint density at radius 1 is 1.32 bits per heavy atom. The smallest absolute Gasteiger partial charge is 0.153 e. The van der Waals surface area contributed by atoms with Gasteiger partial charge < -0.3 is 4.42 Å². The van der Waals surface area contributed by atoms with Crippen LogP contribution in [-0.4, -0.2) is 16.1 Å². The molecule has 2 heterocycles. The third-order valence-electron chi connectivity index (χ3n) is 3.15. The minimum Gasteiger partial charge on any atom is -0.464 e. The van der Waals surface area contributed by atoms with E-state index in [2.05, 4.69) is 5.10 Å². The van der Waals surface area contributed by atoms with Crippen LogP contribution < -0.4 is 0 Å². The van der Waals surface area contributed by atoms with Crippen molar-refractivity contribution in [2.24, 2.45) is 0 Å². The van der Waals surface area contributed by atoms with E-state index in [1.807, 2.05) is 38.1 Å². The predicted molar refractivity (Wildman–Crippen MR) is 73.2 cm³/mol. The van der Waals surface area contributed by atoms with Crippen LogP contribution in [0.1, 0.15) is 30.2 Å². The highest BCUT2D eigenvalue weighted by molar-refractivity contribution is 5.97. The lowest BCUT2D eigenvalue weighted by Crippen LogP contribution is -2.00. The Labute approximate surface area is 110 Å². The van der Waals surface area contributed by atoms with Crippen LogP contribution in [0.15, 0.2) is 41.1 Å². The van der Waals surface area contributed by atoms with Crippen LogP contribution in [0.3, 0.4) is 0 Å². The fraction of sp³-hybridized carbons (Fsp3) is 0.200. The summed E-state index contributed by atoms with van der Waals surface area (Å²) in [6.07, 6.45) is 4.27. The van der Waals surface area contributed by atoms with Crippen molar-refractivity contribution < 1.29 is 9.21 Å². The third kappa shape index (κ3) is 1.85. The van der Waals surface area contributed by atoms with Gasteiger partial charge in [-0.25, -0.2) is 0 Å². The molecular formula is C15H14N2O2. The van der Waals surface area contributed by atoms with Crippen molar-refractivity contribution in [3.05, 3.63) is 42.3 Å². The van der Waals surface area contributed by atoms with E-state index in [9.17, 15) is 4.79 Å². The second kappa shape index (κ2) is 4.39. The number of benzene rings is 1. The van der Waals surface area contributed by atoms with E-state index in [0.29, 0.717) is 11.3 Å². The van der Waals surface area contributed by atoms with E-state index in [-0.39, 0.29) is 6.04 Å². The lowest BCUT2D eigenvalue weighted by atomic mass is 10.1. The molecule has 0 N–H and O–H groups in total. The Bertz CT molecular complexity index is 738. The number of para-hydroxylation sites is 1. The Kier molecular flexibility index (Phi) is 2.71. The molecule has 0 unspecified atom stereocenters. The molecular weight excluding hydrogens is 240 g/mol. The Balaban J connectivity index is 2.23. The zero-order chi connectivity index (χ0) is 13.4. The average Bonchev–Trinajstić information content (AvgIpc) is 3.01. The molecule has 0 fully saturated rings. The molecule has 1 aromatic carbocycles. The number of furan rings is 1. The summed E-state index contributed by atoms with van der Waals surface area (Å²) >= 11 is 0. The Morgan fingerprint density at radius 3 is 2.84 bits per heavy atom. The van der Waals surface area contributed by atoms with Gasteiger partial charge in [0.05, 0.1) is 5.56 Å². The van der Waals surface area contributed by atoms with Gasteiger partial charge in [-0.15, -0.1) is 0 Å². The summed E-state index contributed by atoms with van der Waals surface area (Å²) in [4.78, 5) is 11.2. The SMILES string of the molecule is CC(C)n1cc(C=O)c(-c2coc3ccccc23)n1. The molecule has 0 saturated heterocycles. The largest absolute Gasteiger partial charge is 0.464 e. The lowest BCUT2D eigenvalue weighted by molar-refractivity contribution is 0.112. The molecule has 96 valence electrons. The lowest BCUT2D eigenvalue weighted by Gasteiger charge is -2.03. The standard InChI is InChI=1S/C15H14N2O2/c1-10(2)17-7-11(8-18)15(16-17)13-9-19-14-6-4-3-5-12(13)14/h3-10H,1-2H3. The van der Waals surface area contributed by atoms with Gasteiger partial charge >= 0.3 is 0 Å². The first-order valence-electron chi connectivity index (χ1n) is 6.21. The van der Waals surface area contributed by atoms with Gasteiger partial charge in [-0.05, 0) is 19.9 Å². The van der Waals surface area contributed by atoms with Gasteiger partial charge in [0.15, 0.2) is 6.29 Å². The van der Waals surface area contributed by atoms with Crippen molar-refractivity contribution >= 4 is 17.3 Å². The van der Waals surface area contributed by atoms with Crippen LogP contribution in [-0.2, 0) is 0 Å². The fourth-order valence-electron chi connectivity index (χ4n) is 2.13. The van der Waals surface area contributed by atoms with Gasteiger partial charge in [-0.2, -0.15) is 5.10 Å². The molecule has 3 rings (SSSR count). The maximum Gasteiger partial charge on any atom is 0.153 e. The maximum atomic E-state index is 11.2. The third-order valence-corrected chi connectivity index (χ3v) is 3.15. The highest BCUT2D eigenvalue weighted by Gasteiger charge is 2.16. The van der Waals surface area contributed by atoms with Crippen molar-refractivity contribution in [2.75, 3.05) is 0 Å². The minimum atomic E-state index is 0.214. The molecule has 0 bridgehead atoms. The number of carbonyl (C=O) groups is 1. The van der Waals surface area contributed by atoms with E-state index >= 15 is 0 Å². The summed E-state index contributed by atoms with van der Waals surface area (Å²) in [6.45, 7) is 4.05. The van der Waals surface area contributed by atoms with Crippen molar-refractivity contribution in [1.82, 2.24) is 9.78 Å². The topological polar surface area (TPSA) is 48.0 Å². The summed E-state index contributed by atoms with van der Waals surface area (Å²) in [6, 6.07) is 7.95. The summed E-state index contributed by atoms with van der Waals surface area (Å²) in [5.41, 5.74) is 2.92. The number of nitrogens with zero attached hydrogens (tertiary/aromatic N) is 2. The molecule has 2 aromatic heterocycles. The van der Waals surface area contributed by atoms with Gasteiger partial charge in [-0.3, -0.25) is 9.48 Å². The molecule has 0 aliphatic rings. The van der Waals surface area contributed by atoms with Gasteiger partial charge in [0.1, 0.15) is 17.5 Å². The number of carbonyl (C=O) groups excluding carboxylic acids is 1. The molecule has 0 aliphatic heterocycles. The summed E-state index contributed by atoms with van der Waals surface area (Å²) in [5, 5.41) is 5.47. The first-order chi connectivity index (χ1) is 9.20. The number of aldehydes is 1. The highest BCUT2D eigenvalue weighted by atomic mass is 16.3. The van der Waals surface area contributed by atoms with Crippen LogP contribution in [0.4, 0.5) is 0 Å². The zero-order valence-corrected chi connectivity index (χ0v) is 10.8. The van der Waals surface area contributed by atoms with E-state index in [1.54, 1.807) is 17.1 Å². The van der Waals surface area contributed by atoms with Crippen molar-refractivity contribution in [3.63, 3.8) is 0 Å². The molecule has 0 spiro atoms. The first-order valence-corrected chi connectivity index (χ1v) is 6.21. The number of rotatable bonds is 3. The quantitative estimate of drug-likeness (QED) is 0.670. The van der Waals surface area contributed by atoms with E-state index in [1.165, 1.54) is 0 Å². The van der Waals surface area contributed by atoms with Crippen molar-refractivity contribution in [1.29, 1.82) is 0 Å². The number of hydrogen-bond acceptors (Lipinski definition) is 3. The molecule has 0 amide bonds. The number of aromatic nitrogens is 2. The highest BCUT2D eigenvalue weighted by Crippen LogP contribution is 2.31. The van der Waals surface area contributed by atoms with Gasteiger partial charge in [0.25, 0.3) is 0 Å². The molecule has 0 aliphatic carbocycles. The Morgan fingerprint density at radius 2 is 2.11 bits per heavy atom. The predicted octanol–water partition coefficient (Wildman–Crippen LogP) is 3.69. The molecule has 19 heavy (non-hydrogen) atoms.